The van der Waals surface area contributed by atoms with E-state index in [-0.39, 0.29) is 30.4 Å². The lowest BCUT2D eigenvalue weighted by Gasteiger charge is -2.16. The first-order valence-corrected chi connectivity index (χ1v) is 13.0. The predicted octanol–water partition coefficient (Wildman–Crippen LogP) is 4.65. The number of ketones is 1. The second-order valence-electron chi connectivity index (χ2n) is 8.72. The molecule has 0 bridgehead atoms. The van der Waals surface area contributed by atoms with Crippen molar-refractivity contribution in [3.63, 3.8) is 0 Å². The van der Waals surface area contributed by atoms with Crippen LogP contribution in [-0.4, -0.2) is 41.1 Å². The van der Waals surface area contributed by atoms with E-state index in [0.29, 0.717) is 19.3 Å². The van der Waals surface area contributed by atoms with E-state index in [2.05, 4.69) is 24.9 Å². The maximum atomic E-state index is 12.3. The van der Waals surface area contributed by atoms with Crippen molar-refractivity contribution in [2.24, 2.45) is 5.73 Å². The van der Waals surface area contributed by atoms with Gasteiger partial charge in [-0.1, -0.05) is 76.1 Å². The highest BCUT2D eigenvalue weighted by molar-refractivity contribution is 7.80. The number of carboxylic acids is 1. The molecule has 0 aliphatic heterocycles. The SMILES string of the molecule is CCCCCCCCCc1ccc([C@@H](CCCCC(=O)[C@H](CS)NC(=O)CN)C(=O)O)cc1. The molecule has 6 nitrogen and oxygen atoms in total. The number of carbonyl (C=O) groups is 3. The molecule has 0 fully saturated rings. The number of benzene rings is 1. The second kappa shape index (κ2) is 17.6. The normalized spacial score (nSPS) is 12.8. The molecule has 0 heterocycles. The lowest BCUT2D eigenvalue weighted by Crippen LogP contribution is -2.44. The van der Waals surface area contributed by atoms with E-state index in [1.54, 1.807) is 0 Å². The van der Waals surface area contributed by atoms with Crippen LogP contribution in [0.15, 0.2) is 24.3 Å². The van der Waals surface area contributed by atoms with Crippen LogP contribution in [0.4, 0.5) is 0 Å². The Morgan fingerprint density at radius 1 is 0.970 bits per heavy atom. The van der Waals surface area contributed by atoms with E-state index in [4.69, 9.17) is 5.73 Å². The first-order chi connectivity index (χ1) is 15.9. The third-order valence-electron chi connectivity index (χ3n) is 6.01. The lowest BCUT2D eigenvalue weighted by molar-refractivity contribution is -0.139. The molecule has 0 unspecified atom stereocenters. The van der Waals surface area contributed by atoms with Gasteiger partial charge in [-0.25, -0.2) is 0 Å². The topological polar surface area (TPSA) is 109 Å². The standard InChI is InChI=1S/C26H42N2O4S/c1-2-3-4-5-6-7-8-11-20-14-16-21(17-15-20)22(26(31)32)12-9-10-13-24(29)23(19-33)28-25(30)18-27/h14-17,22-23,33H,2-13,18-19,27H2,1H3,(H,28,30)(H,31,32)/t22-,23+/m1/s1. The Labute approximate surface area is 204 Å². The minimum Gasteiger partial charge on any atom is -0.481 e. The van der Waals surface area contributed by atoms with Gasteiger partial charge < -0.3 is 16.2 Å². The van der Waals surface area contributed by atoms with Crippen LogP contribution in [0.5, 0.6) is 0 Å². The van der Waals surface area contributed by atoms with Gasteiger partial charge in [-0.15, -0.1) is 0 Å². The Bertz CT molecular complexity index is 709. The zero-order valence-electron chi connectivity index (χ0n) is 20.1. The third-order valence-corrected chi connectivity index (χ3v) is 6.37. The number of hydrogen-bond acceptors (Lipinski definition) is 5. The molecule has 1 aromatic carbocycles. The number of unbranched alkanes of at least 4 members (excludes halogenated alkanes) is 7. The fourth-order valence-corrected chi connectivity index (χ4v) is 4.23. The maximum Gasteiger partial charge on any atom is 0.310 e. The van der Waals surface area contributed by atoms with E-state index >= 15 is 0 Å². The number of hydrogen-bond donors (Lipinski definition) is 4. The van der Waals surface area contributed by atoms with Gasteiger partial charge in [-0.3, -0.25) is 14.4 Å². The summed E-state index contributed by atoms with van der Waals surface area (Å²) in [7, 11) is 0. The molecule has 1 rings (SSSR count). The summed E-state index contributed by atoms with van der Waals surface area (Å²) >= 11 is 4.12. The number of thiol groups is 1. The molecule has 0 saturated heterocycles. The van der Waals surface area contributed by atoms with Gasteiger partial charge in [-0.05, 0) is 36.8 Å². The van der Waals surface area contributed by atoms with Crippen molar-refractivity contribution in [1.29, 1.82) is 0 Å². The average Bonchev–Trinajstić information content (AvgIpc) is 2.81. The van der Waals surface area contributed by atoms with E-state index in [9.17, 15) is 19.5 Å². The van der Waals surface area contributed by atoms with Crippen molar-refractivity contribution in [2.75, 3.05) is 12.3 Å². The molecule has 0 aromatic heterocycles. The summed E-state index contributed by atoms with van der Waals surface area (Å²) in [5.74, 6) is -1.69. The monoisotopic (exact) mass is 478 g/mol. The summed E-state index contributed by atoms with van der Waals surface area (Å²) in [4.78, 5) is 35.5. The zero-order valence-corrected chi connectivity index (χ0v) is 21.0. The van der Waals surface area contributed by atoms with Crippen molar-refractivity contribution in [1.82, 2.24) is 5.32 Å². The lowest BCUT2D eigenvalue weighted by atomic mass is 9.91. The molecule has 4 N–H and O–H groups in total. The number of nitrogens with one attached hydrogen (secondary N) is 1. The van der Waals surface area contributed by atoms with Crippen LogP contribution in [0, 0.1) is 0 Å². The van der Waals surface area contributed by atoms with Gasteiger partial charge in [0.1, 0.15) is 0 Å². The highest BCUT2D eigenvalue weighted by atomic mass is 32.1. The molecule has 33 heavy (non-hydrogen) atoms. The van der Waals surface area contributed by atoms with Gasteiger partial charge in [0.2, 0.25) is 5.91 Å². The van der Waals surface area contributed by atoms with Crippen LogP contribution in [0.25, 0.3) is 0 Å². The quantitative estimate of drug-likeness (QED) is 0.171. The molecule has 1 amide bonds. The summed E-state index contributed by atoms with van der Waals surface area (Å²) in [6.45, 7) is 2.06. The summed E-state index contributed by atoms with van der Waals surface area (Å²) < 4.78 is 0. The van der Waals surface area contributed by atoms with Crippen LogP contribution in [-0.2, 0) is 20.8 Å². The molecule has 0 saturated carbocycles. The van der Waals surface area contributed by atoms with Gasteiger partial charge >= 0.3 is 5.97 Å². The van der Waals surface area contributed by atoms with Crippen molar-refractivity contribution >= 4 is 30.3 Å². The van der Waals surface area contributed by atoms with Crippen LogP contribution in [0.1, 0.15) is 94.6 Å². The summed E-state index contributed by atoms with van der Waals surface area (Å²) in [6, 6.07) is 7.30. The molecular weight excluding hydrogens is 436 g/mol. The van der Waals surface area contributed by atoms with Crippen LogP contribution < -0.4 is 11.1 Å². The number of nitrogens with two attached hydrogens (primary N) is 1. The van der Waals surface area contributed by atoms with Gasteiger partial charge in [0, 0.05) is 12.2 Å². The van der Waals surface area contributed by atoms with Gasteiger partial charge in [0.05, 0.1) is 18.5 Å². The Hall–Kier alpha value is -1.86. The average molecular weight is 479 g/mol. The molecule has 0 aliphatic carbocycles. The van der Waals surface area contributed by atoms with E-state index in [1.165, 1.54) is 50.5 Å². The minimum absolute atomic E-state index is 0.103. The molecule has 0 spiro atoms. The van der Waals surface area contributed by atoms with Crippen LogP contribution in [0.2, 0.25) is 0 Å². The first-order valence-electron chi connectivity index (χ1n) is 12.4. The molecule has 0 aliphatic rings. The number of Topliss-reactive ketones (excluding diaryl/α,β-unsaturated/α-hetero) is 1. The largest absolute Gasteiger partial charge is 0.481 e. The highest BCUT2D eigenvalue weighted by Crippen LogP contribution is 2.24. The molecule has 186 valence electrons. The fourth-order valence-electron chi connectivity index (χ4n) is 3.94. The van der Waals surface area contributed by atoms with E-state index < -0.39 is 17.9 Å². The van der Waals surface area contributed by atoms with Crippen LogP contribution in [0.3, 0.4) is 0 Å². The number of aryl methyl sites for hydroxylation is 1. The Morgan fingerprint density at radius 3 is 2.18 bits per heavy atom. The smallest absolute Gasteiger partial charge is 0.310 e. The first kappa shape index (κ1) is 29.2. The summed E-state index contributed by atoms with van der Waals surface area (Å²) in [6.07, 6.45) is 11.9. The van der Waals surface area contributed by atoms with Crippen molar-refractivity contribution < 1.29 is 19.5 Å². The highest BCUT2D eigenvalue weighted by Gasteiger charge is 2.21. The molecule has 0 radical (unpaired) electrons. The number of amides is 1. The number of aliphatic carboxylic acids is 1. The fraction of sp³-hybridized carbons (Fsp3) is 0.654. The molecular formula is C26H42N2O4S. The minimum atomic E-state index is -0.843. The maximum absolute atomic E-state index is 12.3. The van der Waals surface area contributed by atoms with Gasteiger partial charge in [0.25, 0.3) is 0 Å². The Balaban J connectivity index is 2.42. The Kier molecular flexibility index (Phi) is 15.6. The number of carbonyl (C=O) groups excluding carboxylic acids is 2. The summed E-state index contributed by atoms with van der Waals surface area (Å²) in [5, 5.41) is 12.2. The van der Waals surface area contributed by atoms with Crippen molar-refractivity contribution in [2.45, 2.75) is 95.9 Å². The van der Waals surface area contributed by atoms with Gasteiger partial charge in [0.15, 0.2) is 5.78 Å². The zero-order chi connectivity index (χ0) is 24.5. The third kappa shape index (κ3) is 12.2. The van der Waals surface area contributed by atoms with E-state index in [0.717, 1.165) is 12.0 Å². The van der Waals surface area contributed by atoms with E-state index in [1.807, 2.05) is 24.3 Å². The molecule has 2 atom stereocenters. The van der Waals surface area contributed by atoms with Crippen molar-refractivity contribution in [3.8, 4) is 0 Å². The number of carboxylic acid groups (broad SMARTS) is 1. The van der Waals surface area contributed by atoms with Crippen LogP contribution >= 0.6 is 12.6 Å². The predicted molar refractivity (Wildman–Crippen MR) is 137 cm³/mol. The molecule has 7 heteroatoms. The van der Waals surface area contributed by atoms with Crippen molar-refractivity contribution in [3.05, 3.63) is 35.4 Å². The molecule has 1 aromatic rings. The summed E-state index contributed by atoms with van der Waals surface area (Å²) in [5.41, 5.74) is 7.33. The Morgan fingerprint density at radius 2 is 1.61 bits per heavy atom. The number of rotatable bonds is 19. The second-order valence-corrected chi connectivity index (χ2v) is 9.09. The van der Waals surface area contributed by atoms with Gasteiger partial charge in [-0.2, -0.15) is 12.6 Å².